The van der Waals surface area contributed by atoms with Crippen LogP contribution in [0.5, 0.6) is 0 Å². The molecular weight excluding hydrogens is 701 g/mol. The van der Waals surface area contributed by atoms with Gasteiger partial charge in [-0.15, -0.1) is 0 Å². The largest absolute Gasteiger partial charge is 0.456 e. The Hall–Kier alpha value is -7.83. The van der Waals surface area contributed by atoms with Crippen LogP contribution < -0.4 is 0 Å². The number of rotatable bonds is 5. The number of hydrogen-bond donors (Lipinski definition) is 0. The highest BCUT2D eigenvalue weighted by molar-refractivity contribution is 6.24. The van der Waals surface area contributed by atoms with Crippen molar-refractivity contribution in [2.24, 2.45) is 0 Å². The highest BCUT2D eigenvalue weighted by Gasteiger charge is 2.21. The third-order valence-electron chi connectivity index (χ3n) is 11.1. The maximum absolute atomic E-state index is 6.59. The lowest BCUT2D eigenvalue weighted by atomic mass is 10.0. The van der Waals surface area contributed by atoms with E-state index >= 15 is 0 Å². The molecule has 4 aromatic heterocycles. The molecule has 6 heteroatoms. The van der Waals surface area contributed by atoms with Crippen molar-refractivity contribution in [3.05, 3.63) is 182 Å². The normalized spacial score (nSPS) is 11.9. The SMILES string of the molecule is c1ccc(-c2ccc(-n3c4ccccc4c4ccc5oc6ccc(-c7nc(-c8ccccc8)nc(-c8ccc9c(c8)oc8ccccc89)n7)cc6c5c43)cc2)cc1. The Bertz CT molecular complexity index is 3510. The summed E-state index contributed by atoms with van der Waals surface area (Å²) in [6.45, 7) is 0. The maximum Gasteiger partial charge on any atom is 0.164 e. The summed E-state index contributed by atoms with van der Waals surface area (Å²) < 4.78 is 15.2. The lowest BCUT2D eigenvalue weighted by molar-refractivity contribution is 0.668. The van der Waals surface area contributed by atoms with Crippen molar-refractivity contribution < 1.29 is 8.83 Å². The highest BCUT2D eigenvalue weighted by atomic mass is 16.3. The Labute approximate surface area is 325 Å². The minimum atomic E-state index is 0.569. The fraction of sp³-hybridized carbons (Fsp3) is 0. The first kappa shape index (κ1) is 31.5. The predicted molar refractivity (Wildman–Crippen MR) is 230 cm³/mol. The lowest BCUT2D eigenvalue weighted by Gasteiger charge is -2.10. The van der Waals surface area contributed by atoms with Crippen molar-refractivity contribution in [3.63, 3.8) is 0 Å². The molecule has 12 rings (SSSR count). The van der Waals surface area contributed by atoms with E-state index in [-0.39, 0.29) is 0 Å². The van der Waals surface area contributed by atoms with Crippen LogP contribution in [0.1, 0.15) is 0 Å². The van der Waals surface area contributed by atoms with Crippen molar-refractivity contribution in [2.75, 3.05) is 0 Å². The van der Waals surface area contributed by atoms with E-state index in [1.807, 2.05) is 72.8 Å². The summed E-state index contributed by atoms with van der Waals surface area (Å²) in [5, 5.41) is 6.51. The molecule has 0 amide bonds. The van der Waals surface area contributed by atoms with Crippen molar-refractivity contribution in [1.29, 1.82) is 0 Å². The number of fused-ring (bicyclic) bond motifs is 10. The van der Waals surface area contributed by atoms with Gasteiger partial charge in [-0.2, -0.15) is 0 Å². The second kappa shape index (κ2) is 12.3. The van der Waals surface area contributed by atoms with E-state index in [9.17, 15) is 0 Å². The third-order valence-corrected chi connectivity index (χ3v) is 11.1. The molecule has 0 radical (unpaired) electrons. The Kier molecular flexibility index (Phi) is 6.83. The van der Waals surface area contributed by atoms with Crippen LogP contribution in [0.2, 0.25) is 0 Å². The molecule has 8 aromatic carbocycles. The van der Waals surface area contributed by atoms with Gasteiger partial charge in [0.25, 0.3) is 0 Å². The number of aromatic nitrogens is 4. The molecule has 266 valence electrons. The molecule has 0 fully saturated rings. The van der Waals surface area contributed by atoms with Gasteiger partial charge in [0.05, 0.1) is 16.4 Å². The van der Waals surface area contributed by atoms with Gasteiger partial charge in [0.2, 0.25) is 0 Å². The van der Waals surface area contributed by atoms with Gasteiger partial charge in [-0.1, -0.05) is 115 Å². The van der Waals surface area contributed by atoms with E-state index in [4.69, 9.17) is 23.8 Å². The maximum atomic E-state index is 6.59. The minimum absolute atomic E-state index is 0.569. The molecule has 0 saturated heterocycles. The predicted octanol–water partition coefficient (Wildman–Crippen LogP) is 13.4. The second-order valence-electron chi connectivity index (χ2n) is 14.4. The van der Waals surface area contributed by atoms with Gasteiger partial charge in [-0.25, -0.2) is 15.0 Å². The Morgan fingerprint density at radius 3 is 1.65 bits per heavy atom. The van der Waals surface area contributed by atoms with E-state index in [1.165, 1.54) is 16.5 Å². The number of hydrogen-bond acceptors (Lipinski definition) is 5. The fourth-order valence-corrected chi connectivity index (χ4v) is 8.37. The quantitative estimate of drug-likeness (QED) is 0.176. The summed E-state index contributed by atoms with van der Waals surface area (Å²) in [6, 6.07) is 62.8. The topological polar surface area (TPSA) is 69.9 Å². The van der Waals surface area contributed by atoms with Crippen LogP contribution in [0, 0.1) is 0 Å². The zero-order chi connectivity index (χ0) is 37.5. The summed E-state index contributed by atoms with van der Waals surface area (Å²) in [7, 11) is 0. The first-order valence-electron chi connectivity index (χ1n) is 19.0. The first-order chi connectivity index (χ1) is 28.2. The molecule has 0 aliphatic rings. The number of nitrogens with zero attached hydrogens (tertiary/aromatic N) is 4. The van der Waals surface area contributed by atoms with E-state index in [0.29, 0.717) is 17.5 Å². The van der Waals surface area contributed by atoms with E-state index in [1.54, 1.807) is 0 Å². The molecule has 0 saturated carbocycles. The molecule has 6 nitrogen and oxygen atoms in total. The molecule has 0 unspecified atom stereocenters. The molecule has 0 spiro atoms. The third kappa shape index (κ3) is 5.01. The average Bonchev–Trinajstić information content (AvgIpc) is 3.96. The summed E-state index contributed by atoms with van der Waals surface area (Å²) in [6.07, 6.45) is 0. The zero-order valence-corrected chi connectivity index (χ0v) is 30.4. The summed E-state index contributed by atoms with van der Waals surface area (Å²) >= 11 is 0. The van der Waals surface area contributed by atoms with Gasteiger partial charge in [0.1, 0.15) is 22.3 Å². The number of benzene rings is 8. The van der Waals surface area contributed by atoms with Gasteiger partial charge < -0.3 is 13.4 Å². The van der Waals surface area contributed by atoms with Crippen LogP contribution in [-0.4, -0.2) is 19.5 Å². The van der Waals surface area contributed by atoms with E-state index in [2.05, 4.69) is 114 Å². The average molecular weight is 731 g/mol. The van der Waals surface area contributed by atoms with Crippen LogP contribution in [0.3, 0.4) is 0 Å². The standard InChI is InChI=1S/C51H30N4O2/c1-3-11-31(12-4-1)32-19-23-36(24-20-32)55-42-17-9-7-15-37(42)40-26-28-45-47(48(40)55)41-29-34(22-27-44(41)56-45)50-52-49(33-13-5-2-6-14-33)53-51(54-50)35-21-25-39-38-16-8-10-18-43(38)57-46(39)30-35/h1-30H. The van der Waals surface area contributed by atoms with Crippen LogP contribution in [0.25, 0.3) is 117 Å². The molecule has 0 N–H and O–H groups in total. The van der Waals surface area contributed by atoms with Gasteiger partial charge in [0.15, 0.2) is 17.5 Å². The van der Waals surface area contributed by atoms with Crippen molar-refractivity contribution in [3.8, 4) is 51.0 Å². The molecule has 57 heavy (non-hydrogen) atoms. The van der Waals surface area contributed by atoms with Crippen LogP contribution in [-0.2, 0) is 0 Å². The molecular formula is C51H30N4O2. The van der Waals surface area contributed by atoms with Crippen LogP contribution in [0.4, 0.5) is 0 Å². The van der Waals surface area contributed by atoms with Crippen molar-refractivity contribution in [2.45, 2.75) is 0 Å². The molecule has 0 aliphatic heterocycles. The van der Waals surface area contributed by atoms with Crippen LogP contribution in [0.15, 0.2) is 191 Å². The van der Waals surface area contributed by atoms with Gasteiger partial charge in [-0.3, -0.25) is 0 Å². The number of furan rings is 2. The molecule has 0 aliphatic carbocycles. The number of para-hydroxylation sites is 2. The monoisotopic (exact) mass is 730 g/mol. The Morgan fingerprint density at radius 2 is 0.860 bits per heavy atom. The lowest BCUT2D eigenvalue weighted by Crippen LogP contribution is -2.00. The highest BCUT2D eigenvalue weighted by Crippen LogP contribution is 2.42. The summed E-state index contributed by atoms with van der Waals surface area (Å²) in [5.74, 6) is 1.74. The fourth-order valence-electron chi connectivity index (χ4n) is 8.37. The Morgan fingerprint density at radius 1 is 0.333 bits per heavy atom. The first-order valence-corrected chi connectivity index (χ1v) is 19.0. The molecule has 0 atom stereocenters. The molecule has 0 bridgehead atoms. The second-order valence-corrected chi connectivity index (χ2v) is 14.4. The molecule has 4 heterocycles. The van der Waals surface area contributed by atoms with Gasteiger partial charge in [-0.05, 0) is 77.9 Å². The Balaban J connectivity index is 1.07. The van der Waals surface area contributed by atoms with Crippen LogP contribution >= 0.6 is 0 Å². The summed E-state index contributed by atoms with van der Waals surface area (Å²) in [4.78, 5) is 15.2. The van der Waals surface area contributed by atoms with Gasteiger partial charge >= 0.3 is 0 Å². The van der Waals surface area contributed by atoms with Crippen molar-refractivity contribution in [1.82, 2.24) is 19.5 Å². The van der Waals surface area contributed by atoms with Gasteiger partial charge in [0, 0.05) is 49.3 Å². The smallest absolute Gasteiger partial charge is 0.164 e. The molecule has 12 aromatic rings. The zero-order valence-electron chi connectivity index (χ0n) is 30.4. The minimum Gasteiger partial charge on any atom is -0.456 e. The van der Waals surface area contributed by atoms with E-state index < -0.39 is 0 Å². The summed E-state index contributed by atoms with van der Waals surface area (Å²) in [5.41, 5.74) is 11.5. The van der Waals surface area contributed by atoms with Crippen molar-refractivity contribution >= 4 is 65.7 Å². The van der Waals surface area contributed by atoms with E-state index in [0.717, 1.165) is 82.7 Å².